The van der Waals surface area contributed by atoms with Gasteiger partial charge in [0.2, 0.25) is 0 Å². The van der Waals surface area contributed by atoms with E-state index in [0.29, 0.717) is 10.6 Å². The van der Waals surface area contributed by atoms with Crippen LogP contribution in [0.1, 0.15) is 45.1 Å². The minimum atomic E-state index is 0.0372. The second-order valence-corrected chi connectivity index (χ2v) is 5.25. The number of unbranched alkanes of at least 4 members (excludes halogenated alkanes) is 2. The Morgan fingerprint density at radius 3 is 2.30 bits per heavy atom. The molecule has 0 aromatic heterocycles. The highest BCUT2D eigenvalue weighted by molar-refractivity contribution is 6.34. The zero-order valence-corrected chi connectivity index (χ0v) is 13.0. The van der Waals surface area contributed by atoms with Crippen LogP contribution in [-0.4, -0.2) is 24.1 Å². The van der Waals surface area contributed by atoms with Crippen molar-refractivity contribution >= 4 is 23.1 Å². The Bertz CT molecular complexity index is 441. The van der Waals surface area contributed by atoms with Crippen molar-refractivity contribution in [2.24, 2.45) is 10.9 Å². The summed E-state index contributed by atoms with van der Waals surface area (Å²) < 4.78 is 0. The van der Waals surface area contributed by atoms with Crippen molar-refractivity contribution in [1.82, 2.24) is 0 Å². The SMILES string of the molecule is CCCCN(CCCC)c1ccc(C(N)=NO)c(Cl)c1. The molecule has 0 unspecified atom stereocenters. The summed E-state index contributed by atoms with van der Waals surface area (Å²) in [6.45, 7) is 6.42. The lowest BCUT2D eigenvalue weighted by molar-refractivity contribution is 0.318. The highest BCUT2D eigenvalue weighted by Crippen LogP contribution is 2.24. The number of nitrogens with zero attached hydrogens (tertiary/aromatic N) is 2. The molecule has 0 aliphatic heterocycles. The molecule has 112 valence electrons. The standard InChI is InChI=1S/C15H24ClN3O/c1-3-5-9-19(10-6-4-2)12-7-8-13(14(16)11-12)15(17)18-20/h7-8,11,20H,3-6,9-10H2,1-2H3,(H2,17,18). The fourth-order valence-corrected chi connectivity index (χ4v) is 2.30. The molecule has 0 spiro atoms. The average Bonchev–Trinajstić information content (AvgIpc) is 2.46. The fraction of sp³-hybridized carbons (Fsp3) is 0.533. The number of oxime groups is 1. The van der Waals surface area contributed by atoms with Crippen molar-refractivity contribution in [1.29, 1.82) is 0 Å². The third-order valence-corrected chi connectivity index (χ3v) is 3.58. The molecular formula is C15H24ClN3O. The Kier molecular flexibility index (Phi) is 7.23. The maximum atomic E-state index is 8.72. The summed E-state index contributed by atoms with van der Waals surface area (Å²) in [5, 5.41) is 12.2. The summed E-state index contributed by atoms with van der Waals surface area (Å²) in [6, 6.07) is 5.67. The van der Waals surface area contributed by atoms with Gasteiger partial charge in [-0.15, -0.1) is 0 Å². The summed E-state index contributed by atoms with van der Waals surface area (Å²) in [5.74, 6) is 0.0372. The summed E-state index contributed by atoms with van der Waals surface area (Å²) >= 11 is 6.22. The Labute approximate surface area is 126 Å². The molecule has 3 N–H and O–H groups in total. The Morgan fingerprint density at radius 1 is 1.25 bits per heavy atom. The summed E-state index contributed by atoms with van der Waals surface area (Å²) in [4.78, 5) is 2.34. The van der Waals surface area contributed by atoms with Gasteiger partial charge in [0, 0.05) is 24.3 Å². The summed E-state index contributed by atoms with van der Waals surface area (Å²) in [6.07, 6.45) is 4.64. The first kappa shape index (κ1) is 16.6. The van der Waals surface area contributed by atoms with Crippen LogP contribution < -0.4 is 10.6 Å². The fourth-order valence-electron chi connectivity index (χ4n) is 2.03. The lowest BCUT2D eigenvalue weighted by Crippen LogP contribution is -2.25. The van der Waals surface area contributed by atoms with Crippen LogP contribution in [-0.2, 0) is 0 Å². The van der Waals surface area contributed by atoms with E-state index in [0.717, 1.165) is 31.6 Å². The molecule has 0 atom stereocenters. The molecule has 5 heteroatoms. The Hall–Kier alpha value is -1.42. The molecule has 0 aliphatic carbocycles. The molecule has 0 amide bonds. The molecule has 1 aromatic rings. The molecule has 4 nitrogen and oxygen atoms in total. The van der Waals surface area contributed by atoms with Crippen molar-refractivity contribution < 1.29 is 5.21 Å². The number of halogens is 1. The monoisotopic (exact) mass is 297 g/mol. The van der Waals surface area contributed by atoms with Crippen LogP contribution in [0.5, 0.6) is 0 Å². The second-order valence-electron chi connectivity index (χ2n) is 4.84. The van der Waals surface area contributed by atoms with Gasteiger partial charge in [0.25, 0.3) is 0 Å². The quantitative estimate of drug-likeness (QED) is 0.332. The number of anilines is 1. The Balaban J connectivity index is 2.93. The zero-order valence-electron chi connectivity index (χ0n) is 12.3. The zero-order chi connectivity index (χ0) is 15.0. The van der Waals surface area contributed by atoms with Crippen LogP contribution in [0.4, 0.5) is 5.69 Å². The summed E-state index contributed by atoms with van der Waals surface area (Å²) in [5.41, 5.74) is 7.23. The molecule has 20 heavy (non-hydrogen) atoms. The van der Waals surface area contributed by atoms with E-state index in [9.17, 15) is 0 Å². The van der Waals surface area contributed by atoms with Crippen LogP contribution in [0.2, 0.25) is 5.02 Å². The first-order valence-electron chi connectivity index (χ1n) is 7.16. The van der Waals surface area contributed by atoms with Crippen LogP contribution in [0.15, 0.2) is 23.4 Å². The number of amidine groups is 1. The van der Waals surface area contributed by atoms with E-state index in [2.05, 4.69) is 23.9 Å². The topological polar surface area (TPSA) is 61.8 Å². The van der Waals surface area contributed by atoms with Gasteiger partial charge in [-0.25, -0.2) is 0 Å². The van der Waals surface area contributed by atoms with Crippen LogP contribution in [0, 0.1) is 0 Å². The van der Waals surface area contributed by atoms with Gasteiger partial charge < -0.3 is 15.8 Å². The van der Waals surface area contributed by atoms with Gasteiger partial charge in [-0.1, -0.05) is 43.4 Å². The number of rotatable bonds is 8. The number of hydrogen-bond donors (Lipinski definition) is 2. The van der Waals surface area contributed by atoms with Crippen LogP contribution in [0.3, 0.4) is 0 Å². The average molecular weight is 298 g/mol. The number of benzene rings is 1. The van der Waals surface area contributed by atoms with Gasteiger partial charge in [-0.05, 0) is 31.0 Å². The van der Waals surface area contributed by atoms with Gasteiger partial charge in [-0.2, -0.15) is 0 Å². The molecule has 1 aromatic carbocycles. The van der Waals surface area contributed by atoms with E-state index in [1.807, 2.05) is 12.1 Å². The predicted octanol–water partition coefficient (Wildman–Crippen LogP) is 3.84. The maximum Gasteiger partial charge on any atom is 0.171 e. The number of nitrogens with two attached hydrogens (primary N) is 1. The van der Waals surface area contributed by atoms with E-state index in [1.54, 1.807) is 6.07 Å². The third-order valence-electron chi connectivity index (χ3n) is 3.26. The maximum absolute atomic E-state index is 8.72. The van der Waals surface area contributed by atoms with Crippen molar-refractivity contribution in [2.45, 2.75) is 39.5 Å². The van der Waals surface area contributed by atoms with Gasteiger partial charge in [0.1, 0.15) is 0 Å². The first-order valence-corrected chi connectivity index (χ1v) is 7.54. The molecule has 0 aliphatic rings. The van der Waals surface area contributed by atoms with Crippen molar-refractivity contribution in [2.75, 3.05) is 18.0 Å². The second kappa shape index (κ2) is 8.69. The molecule has 0 saturated heterocycles. The van der Waals surface area contributed by atoms with E-state index >= 15 is 0 Å². The van der Waals surface area contributed by atoms with Crippen molar-refractivity contribution in [3.63, 3.8) is 0 Å². The molecule has 0 fully saturated rings. The molecule has 0 saturated carbocycles. The van der Waals surface area contributed by atoms with Crippen molar-refractivity contribution in [3.05, 3.63) is 28.8 Å². The van der Waals surface area contributed by atoms with E-state index in [1.165, 1.54) is 12.8 Å². The largest absolute Gasteiger partial charge is 0.409 e. The third kappa shape index (κ3) is 4.60. The molecule has 0 radical (unpaired) electrons. The van der Waals surface area contributed by atoms with Gasteiger partial charge in [0.15, 0.2) is 5.84 Å². The Morgan fingerprint density at radius 2 is 1.85 bits per heavy atom. The van der Waals surface area contributed by atoms with Gasteiger partial charge >= 0.3 is 0 Å². The smallest absolute Gasteiger partial charge is 0.171 e. The highest BCUT2D eigenvalue weighted by Gasteiger charge is 2.10. The lowest BCUT2D eigenvalue weighted by atomic mass is 10.1. The molecule has 1 rings (SSSR count). The minimum absolute atomic E-state index is 0.0372. The number of hydrogen-bond acceptors (Lipinski definition) is 3. The molecule has 0 heterocycles. The summed E-state index contributed by atoms with van der Waals surface area (Å²) in [7, 11) is 0. The van der Waals surface area contributed by atoms with Crippen molar-refractivity contribution in [3.8, 4) is 0 Å². The molecular weight excluding hydrogens is 274 g/mol. The van der Waals surface area contributed by atoms with E-state index in [-0.39, 0.29) is 5.84 Å². The highest BCUT2D eigenvalue weighted by atomic mass is 35.5. The van der Waals surface area contributed by atoms with Gasteiger partial charge in [-0.3, -0.25) is 0 Å². The van der Waals surface area contributed by atoms with Crippen LogP contribution in [0.25, 0.3) is 0 Å². The van der Waals surface area contributed by atoms with E-state index < -0.39 is 0 Å². The van der Waals surface area contributed by atoms with Gasteiger partial charge in [0.05, 0.1) is 5.02 Å². The lowest BCUT2D eigenvalue weighted by Gasteiger charge is -2.25. The minimum Gasteiger partial charge on any atom is -0.409 e. The predicted molar refractivity (Wildman–Crippen MR) is 86.0 cm³/mol. The molecule has 0 bridgehead atoms. The van der Waals surface area contributed by atoms with E-state index in [4.69, 9.17) is 22.5 Å². The first-order chi connectivity index (χ1) is 9.63. The van der Waals surface area contributed by atoms with Crippen LogP contribution >= 0.6 is 11.6 Å². The normalized spacial score (nSPS) is 11.7.